The second-order valence-electron chi connectivity index (χ2n) is 12.0. The van der Waals surface area contributed by atoms with Crippen LogP contribution in [0.1, 0.15) is 29.0 Å². The Morgan fingerprint density at radius 2 is 0.981 bits per heavy atom. The lowest BCUT2D eigenvalue weighted by Crippen LogP contribution is -2.27. The van der Waals surface area contributed by atoms with Crippen molar-refractivity contribution in [3.8, 4) is 11.1 Å². The van der Waals surface area contributed by atoms with Gasteiger partial charge in [-0.25, -0.2) is 4.79 Å². The van der Waals surface area contributed by atoms with E-state index in [-0.39, 0.29) is 24.0 Å². The molecule has 0 radical (unpaired) electrons. The number of ether oxygens (including phenoxy) is 8. The van der Waals surface area contributed by atoms with E-state index in [0.717, 1.165) is 5.56 Å². The van der Waals surface area contributed by atoms with E-state index in [4.69, 9.17) is 42.1 Å². The summed E-state index contributed by atoms with van der Waals surface area (Å²) in [6.45, 7) is 8.43. The zero-order chi connectivity index (χ0) is 37.4. The van der Waals surface area contributed by atoms with Gasteiger partial charge >= 0.3 is 6.09 Å². The number of hydrogen-bond donors (Lipinski definition) is 1. The van der Waals surface area contributed by atoms with Crippen LogP contribution in [-0.2, 0) is 52.2 Å². The number of rotatable bonds is 29. The molecule has 3 aromatic rings. The van der Waals surface area contributed by atoms with Gasteiger partial charge in [0, 0.05) is 19.1 Å². The molecule has 1 aliphatic rings. The van der Waals surface area contributed by atoms with E-state index in [0.29, 0.717) is 105 Å². The summed E-state index contributed by atoms with van der Waals surface area (Å²) in [5.41, 5.74) is 5.75. The summed E-state index contributed by atoms with van der Waals surface area (Å²) in [7, 11) is -3.78. The van der Waals surface area contributed by atoms with E-state index < -0.39 is 16.2 Å². The molecule has 14 heteroatoms. The van der Waals surface area contributed by atoms with Crippen molar-refractivity contribution in [2.24, 2.45) is 0 Å². The Labute approximate surface area is 313 Å². The number of hydrogen-bond acceptors (Lipinski definition) is 12. The van der Waals surface area contributed by atoms with Crippen molar-refractivity contribution in [3.05, 3.63) is 89.5 Å². The Morgan fingerprint density at radius 3 is 1.45 bits per heavy atom. The number of aryl methyl sites for hydroxylation is 1. The predicted molar refractivity (Wildman–Crippen MR) is 198 cm³/mol. The molecule has 0 bridgehead atoms. The molecule has 4 rings (SSSR count). The number of alkyl carbamates (subject to hydrolysis) is 1. The minimum Gasteiger partial charge on any atom is -0.449 e. The number of benzene rings is 3. The first-order valence-electron chi connectivity index (χ1n) is 18.0. The molecular weight excluding hydrogens is 706 g/mol. The van der Waals surface area contributed by atoms with Gasteiger partial charge in [-0.1, -0.05) is 66.2 Å². The highest BCUT2D eigenvalue weighted by molar-refractivity contribution is 7.86. The first-order valence-corrected chi connectivity index (χ1v) is 19.5. The normalized spacial score (nSPS) is 12.5. The van der Waals surface area contributed by atoms with Crippen LogP contribution >= 0.6 is 0 Å². The topological polar surface area (TPSA) is 146 Å². The van der Waals surface area contributed by atoms with Gasteiger partial charge in [-0.2, -0.15) is 8.42 Å². The molecule has 0 unspecified atom stereocenters. The van der Waals surface area contributed by atoms with Gasteiger partial charge < -0.3 is 43.2 Å². The molecular formula is C39H53NO12S. The largest absolute Gasteiger partial charge is 0.449 e. The van der Waals surface area contributed by atoms with Gasteiger partial charge in [-0.3, -0.25) is 4.18 Å². The van der Waals surface area contributed by atoms with Crippen molar-refractivity contribution in [1.29, 1.82) is 0 Å². The third-order valence-corrected chi connectivity index (χ3v) is 9.41. The van der Waals surface area contributed by atoms with Crippen LogP contribution in [0.15, 0.2) is 77.7 Å². The highest BCUT2D eigenvalue weighted by atomic mass is 32.2. The molecule has 0 saturated heterocycles. The molecule has 53 heavy (non-hydrogen) atoms. The second-order valence-corrected chi connectivity index (χ2v) is 13.6. The summed E-state index contributed by atoms with van der Waals surface area (Å²) in [6.07, 6.45) is 0.250. The maximum atomic E-state index is 12.3. The first kappa shape index (κ1) is 42.3. The van der Waals surface area contributed by atoms with Crippen molar-refractivity contribution in [2.75, 3.05) is 112 Å². The van der Waals surface area contributed by atoms with Gasteiger partial charge in [0.15, 0.2) is 0 Å². The molecule has 13 nitrogen and oxygen atoms in total. The average Bonchev–Trinajstić information content (AvgIpc) is 3.49. The molecule has 1 amide bonds. The lowest BCUT2D eigenvalue weighted by atomic mass is 9.98. The lowest BCUT2D eigenvalue weighted by molar-refractivity contribution is -0.0212. The maximum absolute atomic E-state index is 12.3. The Hall–Kier alpha value is -3.44. The van der Waals surface area contributed by atoms with Crippen molar-refractivity contribution in [2.45, 2.75) is 24.2 Å². The molecule has 3 aromatic carbocycles. The van der Waals surface area contributed by atoms with Crippen LogP contribution in [0.2, 0.25) is 0 Å². The fourth-order valence-corrected chi connectivity index (χ4v) is 6.30. The van der Waals surface area contributed by atoms with Crippen molar-refractivity contribution in [3.63, 3.8) is 0 Å². The van der Waals surface area contributed by atoms with Crippen molar-refractivity contribution < 1.29 is 55.3 Å². The number of fused-ring (bicyclic) bond motifs is 3. The van der Waals surface area contributed by atoms with Gasteiger partial charge in [-0.05, 0) is 47.7 Å². The standard InChI is InChI=1S/C39H53NO12S/c1-32-11-13-33(14-12-32)53(42,43)52-30-29-50-28-27-49-26-25-48-24-23-47-22-21-46-20-19-45-18-17-44-16-6-15-40-39(41)51-31-38-36-9-4-2-7-34(36)35-8-3-5-10-37(35)38/h2-5,7-14,38H,6,15-31H2,1H3,(H,40,41). The van der Waals surface area contributed by atoms with Gasteiger partial charge in [-0.15, -0.1) is 0 Å². The van der Waals surface area contributed by atoms with Crippen molar-refractivity contribution in [1.82, 2.24) is 5.32 Å². The minimum atomic E-state index is -3.78. The maximum Gasteiger partial charge on any atom is 0.407 e. The fourth-order valence-electron chi connectivity index (χ4n) is 5.41. The number of nitrogens with one attached hydrogen (secondary N) is 1. The zero-order valence-corrected chi connectivity index (χ0v) is 31.4. The summed E-state index contributed by atoms with van der Waals surface area (Å²) in [5.74, 6) is 0.0424. The first-order chi connectivity index (χ1) is 26.0. The van der Waals surface area contributed by atoms with Crippen LogP contribution in [0.3, 0.4) is 0 Å². The fraction of sp³-hybridized carbons (Fsp3) is 0.513. The smallest absolute Gasteiger partial charge is 0.407 e. The van der Waals surface area contributed by atoms with E-state index in [2.05, 4.69) is 29.6 Å². The van der Waals surface area contributed by atoms with E-state index in [1.54, 1.807) is 12.1 Å². The van der Waals surface area contributed by atoms with Crippen LogP contribution in [0, 0.1) is 6.92 Å². The molecule has 0 aromatic heterocycles. The Bertz CT molecular complexity index is 1530. The van der Waals surface area contributed by atoms with E-state index in [1.807, 2.05) is 31.2 Å². The Balaban J connectivity index is 0.827. The average molecular weight is 760 g/mol. The lowest BCUT2D eigenvalue weighted by Gasteiger charge is -2.14. The van der Waals surface area contributed by atoms with Crippen LogP contribution in [-0.4, -0.2) is 127 Å². The molecule has 0 heterocycles. The third-order valence-electron chi connectivity index (χ3n) is 8.09. The summed E-state index contributed by atoms with van der Waals surface area (Å²) >= 11 is 0. The highest BCUT2D eigenvalue weighted by Crippen LogP contribution is 2.44. The van der Waals surface area contributed by atoms with Gasteiger partial charge in [0.1, 0.15) is 6.61 Å². The molecule has 292 valence electrons. The molecule has 0 spiro atoms. The van der Waals surface area contributed by atoms with Crippen LogP contribution in [0.25, 0.3) is 11.1 Å². The zero-order valence-electron chi connectivity index (χ0n) is 30.5. The Morgan fingerprint density at radius 1 is 0.566 bits per heavy atom. The summed E-state index contributed by atoms with van der Waals surface area (Å²) < 4.78 is 73.0. The summed E-state index contributed by atoms with van der Waals surface area (Å²) in [5, 5.41) is 2.80. The molecule has 0 atom stereocenters. The van der Waals surface area contributed by atoms with E-state index in [9.17, 15) is 13.2 Å². The van der Waals surface area contributed by atoms with E-state index in [1.165, 1.54) is 34.4 Å². The van der Waals surface area contributed by atoms with Gasteiger partial charge in [0.05, 0.1) is 97.4 Å². The van der Waals surface area contributed by atoms with Crippen LogP contribution in [0.4, 0.5) is 4.79 Å². The van der Waals surface area contributed by atoms with Gasteiger partial charge in [0.25, 0.3) is 10.1 Å². The van der Waals surface area contributed by atoms with Crippen LogP contribution < -0.4 is 5.32 Å². The number of carbonyl (C=O) groups excluding carboxylic acids is 1. The third kappa shape index (κ3) is 15.8. The van der Waals surface area contributed by atoms with Gasteiger partial charge in [0.2, 0.25) is 0 Å². The molecule has 1 N–H and O–H groups in total. The molecule has 1 aliphatic carbocycles. The molecule has 0 aliphatic heterocycles. The molecule has 0 fully saturated rings. The second kappa shape index (κ2) is 24.8. The Kier molecular flexibility index (Phi) is 19.8. The quantitative estimate of drug-likeness (QED) is 0.0771. The predicted octanol–water partition coefficient (Wildman–Crippen LogP) is 4.75. The number of carbonyl (C=O) groups is 1. The van der Waals surface area contributed by atoms with Crippen LogP contribution in [0.5, 0.6) is 0 Å². The minimum absolute atomic E-state index is 0.0424. The monoisotopic (exact) mass is 759 g/mol. The summed E-state index contributed by atoms with van der Waals surface area (Å²) in [4.78, 5) is 12.4. The summed E-state index contributed by atoms with van der Waals surface area (Å²) in [6, 6.07) is 23.0. The highest BCUT2D eigenvalue weighted by Gasteiger charge is 2.29. The number of amides is 1. The molecule has 0 saturated carbocycles. The van der Waals surface area contributed by atoms with Crippen molar-refractivity contribution >= 4 is 16.2 Å². The SMILES string of the molecule is Cc1ccc(S(=O)(=O)OCCOCCOCCOCCOCCOCCOCCOCCCNC(=O)OCC2c3ccccc3-c3ccccc32)cc1. The van der Waals surface area contributed by atoms with E-state index >= 15 is 0 Å².